The first-order chi connectivity index (χ1) is 14.6. The maximum absolute atomic E-state index is 10.7. The first kappa shape index (κ1) is 19.8. The molecule has 10 heteroatoms. The molecule has 1 aromatic heterocycles. The lowest BCUT2D eigenvalue weighted by molar-refractivity contribution is -0.307. The predicted octanol–water partition coefficient (Wildman–Crippen LogP) is 1.90. The van der Waals surface area contributed by atoms with Crippen LogP contribution < -0.4 is 24.6 Å². The van der Waals surface area contributed by atoms with Crippen molar-refractivity contribution in [2.75, 3.05) is 25.3 Å². The molecule has 0 unspecified atom stereocenters. The van der Waals surface area contributed by atoms with E-state index < -0.39 is 18.8 Å². The Morgan fingerprint density at radius 2 is 2.07 bits per heavy atom. The SMILES string of the molecule is COc1cc([C@@H]2Nc3ccccc3-c3nnc(SC)nc3O2)ccc1OCC(=O)[O-]. The molecule has 0 fully saturated rings. The maximum Gasteiger partial charge on any atom is 0.247 e. The molecular weight excluding hydrogens is 408 g/mol. The molecule has 4 rings (SSSR count). The number of fused-ring (bicyclic) bond motifs is 3. The van der Waals surface area contributed by atoms with Gasteiger partial charge in [-0.2, -0.15) is 4.98 Å². The number of carbonyl (C=O) groups is 1. The second kappa shape index (κ2) is 8.46. The summed E-state index contributed by atoms with van der Waals surface area (Å²) >= 11 is 1.37. The number of aliphatic carboxylic acids is 1. The van der Waals surface area contributed by atoms with E-state index in [1.807, 2.05) is 30.5 Å². The molecule has 9 nitrogen and oxygen atoms in total. The summed E-state index contributed by atoms with van der Waals surface area (Å²) in [6.45, 7) is -0.575. The van der Waals surface area contributed by atoms with E-state index in [9.17, 15) is 9.90 Å². The predicted molar refractivity (Wildman–Crippen MR) is 108 cm³/mol. The standard InChI is InChI=1S/C20H18N4O5S/c1-27-15-9-11(7-8-14(15)28-10-16(25)26)18-21-13-6-4-3-5-12(13)17-19(29-18)22-20(30-2)24-23-17/h3-9,18,21H,10H2,1-2H3,(H,25,26)/p-1/t18-/m1/s1. The number of rotatable bonds is 6. The zero-order valence-corrected chi connectivity index (χ0v) is 16.9. The quantitative estimate of drug-likeness (QED) is 0.587. The molecule has 1 aliphatic rings. The van der Waals surface area contributed by atoms with Gasteiger partial charge in [0, 0.05) is 16.8 Å². The number of para-hydroxylation sites is 1. The van der Waals surface area contributed by atoms with Crippen LogP contribution in [0.2, 0.25) is 0 Å². The molecule has 30 heavy (non-hydrogen) atoms. The first-order valence-electron chi connectivity index (χ1n) is 8.91. The van der Waals surface area contributed by atoms with Crippen LogP contribution in [0.4, 0.5) is 5.69 Å². The number of carboxylic acids is 1. The van der Waals surface area contributed by atoms with Gasteiger partial charge in [0.05, 0.1) is 13.1 Å². The molecule has 2 heterocycles. The topological polar surface area (TPSA) is 119 Å². The fraction of sp³-hybridized carbons (Fsp3) is 0.200. The second-order valence-electron chi connectivity index (χ2n) is 6.21. The zero-order valence-electron chi connectivity index (χ0n) is 16.1. The Balaban J connectivity index is 1.74. The summed E-state index contributed by atoms with van der Waals surface area (Å²) in [4.78, 5) is 15.2. The zero-order chi connectivity index (χ0) is 21.1. The molecular formula is C20H17N4O5S-. The van der Waals surface area contributed by atoms with Gasteiger partial charge in [-0.15, -0.1) is 10.2 Å². The number of aromatic nitrogens is 3. The molecule has 1 aliphatic heterocycles. The first-order valence-corrected chi connectivity index (χ1v) is 10.1. The molecule has 0 saturated carbocycles. The van der Waals surface area contributed by atoms with E-state index in [1.165, 1.54) is 18.9 Å². The third kappa shape index (κ3) is 3.94. The number of nitrogens with zero attached hydrogens (tertiary/aromatic N) is 3. The van der Waals surface area contributed by atoms with Crippen molar-refractivity contribution in [1.82, 2.24) is 15.2 Å². The normalized spacial score (nSPS) is 14.4. The third-order valence-electron chi connectivity index (χ3n) is 4.35. The highest BCUT2D eigenvalue weighted by Crippen LogP contribution is 2.40. The summed E-state index contributed by atoms with van der Waals surface area (Å²) < 4.78 is 16.7. The van der Waals surface area contributed by atoms with Gasteiger partial charge < -0.3 is 29.4 Å². The average molecular weight is 425 g/mol. The number of methoxy groups -OCH3 is 1. The summed E-state index contributed by atoms with van der Waals surface area (Å²) in [5.41, 5.74) is 2.90. The van der Waals surface area contributed by atoms with Gasteiger partial charge in [-0.1, -0.05) is 30.0 Å². The number of benzene rings is 2. The van der Waals surface area contributed by atoms with Gasteiger partial charge in [-0.25, -0.2) is 0 Å². The smallest absolute Gasteiger partial charge is 0.247 e. The van der Waals surface area contributed by atoms with Crippen LogP contribution in [0.3, 0.4) is 0 Å². The van der Waals surface area contributed by atoms with E-state index >= 15 is 0 Å². The molecule has 0 radical (unpaired) electrons. The number of anilines is 1. The van der Waals surface area contributed by atoms with Crippen LogP contribution in [0.5, 0.6) is 17.4 Å². The minimum Gasteiger partial charge on any atom is -0.546 e. The van der Waals surface area contributed by atoms with Gasteiger partial charge in [-0.05, 0) is 30.5 Å². The van der Waals surface area contributed by atoms with Crippen LogP contribution >= 0.6 is 11.8 Å². The van der Waals surface area contributed by atoms with Crippen LogP contribution in [-0.2, 0) is 4.79 Å². The Morgan fingerprint density at radius 1 is 1.23 bits per heavy atom. The molecule has 1 N–H and O–H groups in total. The molecule has 0 saturated heterocycles. The number of ether oxygens (including phenoxy) is 3. The van der Waals surface area contributed by atoms with Crippen molar-refractivity contribution in [2.45, 2.75) is 11.4 Å². The van der Waals surface area contributed by atoms with E-state index in [1.54, 1.807) is 18.2 Å². The van der Waals surface area contributed by atoms with Gasteiger partial charge >= 0.3 is 0 Å². The van der Waals surface area contributed by atoms with Crippen molar-refractivity contribution >= 4 is 23.4 Å². The summed E-state index contributed by atoms with van der Waals surface area (Å²) in [5.74, 6) is -0.316. The molecule has 0 bridgehead atoms. The highest BCUT2D eigenvalue weighted by molar-refractivity contribution is 7.98. The van der Waals surface area contributed by atoms with Gasteiger partial charge in [0.25, 0.3) is 0 Å². The summed E-state index contributed by atoms with van der Waals surface area (Å²) in [5, 5.41) is 23.0. The van der Waals surface area contributed by atoms with Crippen molar-refractivity contribution in [1.29, 1.82) is 0 Å². The van der Waals surface area contributed by atoms with Crippen molar-refractivity contribution in [3.8, 4) is 28.6 Å². The van der Waals surface area contributed by atoms with Crippen molar-refractivity contribution in [3.05, 3.63) is 48.0 Å². The van der Waals surface area contributed by atoms with Crippen LogP contribution in [0, 0.1) is 0 Å². The highest BCUT2D eigenvalue weighted by Gasteiger charge is 2.26. The van der Waals surface area contributed by atoms with Gasteiger partial charge in [0.2, 0.25) is 11.0 Å². The minimum absolute atomic E-state index is 0.286. The summed E-state index contributed by atoms with van der Waals surface area (Å²) in [6, 6.07) is 12.7. The van der Waals surface area contributed by atoms with Gasteiger partial charge in [0.15, 0.2) is 23.4 Å². The second-order valence-corrected chi connectivity index (χ2v) is 6.98. The maximum atomic E-state index is 10.7. The average Bonchev–Trinajstić information content (AvgIpc) is 2.93. The Morgan fingerprint density at radius 3 is 2.83 bits per heavy atom. The summed E-state index contributed by atoms with van der Waals surface area (Å²) in [7, 11) is 1.47. The van der Waals surface area contributed by atoms with Gasteiger partial charge in [0.1, 0.15) is 6.61 Å². The number of hydrogen-bond donors (Lipinski definition) is 1. The lowest BCUT2D eigenvalue weighted by Crippen LogP contribution is -2.29. The van der Waals surface area contributed by atoms with Crippen LogP contribution in [-0.4, -0.2) is 41.1 Å². The number of carboxylic acid groups (broad SMARTS) is 1. The van der Waals surface area contributed by atoms with Crippen molar-refractivity contribution in [3.63, 3.8) is 0 Å². The number of hydrogen-bond acceptors (Lipinski definition) is 10. The van der Waals surface area contributed by atoms with Gasteiger partial charge in [-0.3, -0.25) is 0 Å². The molecule has 3 aromatic rings. The Kier molecular flexibility index (Phi) is 5.57. The number of carbonyl (C=O) groups excluding carboxylic acids is 1. The number of nitrogens with one attached hydrogen (secondary N) is 1. The molecule has 1 atom stereocenters. The number of thioether (sulfide) groups is 1. The Labute approximate surface area is 176 Å². The van der Waals surface area contributed by atoms with Crippen LogP contribution in [0.25, 0.3) is 11.3 Å². The van der Waals surface area contributed by atoms with Crippen molar-refractivity contribution < 1.29 is 24.1 Å². The molecule has 0 amide bonds. The molecule has 2 aromatic carbocycles. The Bertz CT molecular complexity index is 1090. The summed E-state index contributed by atoms with van der Waals surface area (Å²) in [6.07, 6.45) is 1.25. The highest BCUT2D eigenvalue weighted by atomic mass is 32.2. The molecule has 154 valence electrons. The molecule has 0 aliphatic carbocycles. The van der Waals surface area contributed by atoms with E-state index in [0.29, 0.717) is 22.5 Å². The Hall–Kier alpha value is -3.53. The van der Waals surface area contributed by atoms with E-state index in [4.69, 9.17) is 14.2 Å². The van der Waals surface area contributed by atoms with E-state index in [-0.39, 0.29) is 5.75 Å². The molecule has 0 spiro atoms. The van der Waals surface area contributed by atoms with Crippen molar-refractivity contribution in [2.24, 2.45) is 0 Å². The lowest BCUT2D eigenvalue weighted by Gasteiger charge is -2.21. The third-order valence-corrected chi connectivity index (χ3v) is 4.89. The fourth-order valence-electron chi connectivity index (χ4n) is 2.99. The van der Waals surface area contributed by atoms with E-state index in [2.05, 4.69) is 20.5 Å². The van der Waals surface area contributed by atoms with Crippen LogP contribution in [0.15, 0.2) is 47.6 Å². The monoisotopic (exact) mass is 425 g/mol. The lowest BCUT2D eigenvalue weighted by atomic mass is 10.1. The largest absolute Gasteiger partial charge is 0.546 e. The fourth-order valence-corrected chi connectivity index (χ4v) is 3.28. The van der Waals surface area contributed by atoms with E-state index in [0.717, 1.165) is 16.8 Å². The van der Waals surface area contributed by atoms with Crippen LogP contribution in [0.1, 0.15) is 11.8 Å². The minimum atomic E-state index is -1.32.